The number of nitrogens with zero attached hydrogens (tertiary/aromatic N) is 1. The highest BCUT2D eigenvalue weighted by Gasteiger charge is 1.95. The molecule has 0 aromatic heterocycles. The van der Waals surface area contributed by atoms with Crippen molar-refractivity contribution in [1.29, 1.82) is 0 Å². The van der Waals surface area contributed by atoms with E-state index < -0.39 is 0 Å². The minimum Gasteiger partial charge on any atom is -0.361 e. The van der Waals surface area contributed by atoms with Crippen LogP contribution in [0.4, 0.5) is 0 Å². The van der Waals surface area contributed by atoms with E-state index in [4.69, 9.17) is 12.2 Å². The summed E-state index contributed by atoms with van der Waals surface area (Å²) in [6, 6.07) is 18.6. The molecule has 2 N–H and O–H groups in total. The number of hydrogen-bond acceptors (Lipinski definition) is 2. The molecule has 0 aliphatic rings. The van der Waals surface area contributed by atoms with Crippen molar-refractivity contribution in [2.75, 3.05) is 6.54 Å². The van der Waals surface area contributed by atoms with Crippen molar-refractivity contribution in [2.24, 2.45) is 5.10 Å². The van der Waals surface area contributed by atoms with Gasteiger partial charge in [0.25, 0.3) is 0 Å². The molecule has 114 valence electrons. The van der Waals surface area contributed by atoms with E-state index in [-0.39, 0.29) is 0 Å². The molecule has 4 heteroatoms. The second kappa shape index (κ2) is 8.95. The van der Waals surface area contributed by atoms with Gasteiger partial charge in [-0.05, 0) is 41.7 Å². The molecule has 0 aliphatic heterocycles. The Morgan fingerprint density at radius 1 is 1.05 bits per heavy atom. The van der Waals surface area contributed by atoms with Gasteiger partial charge in [-0.2, -0.15) is 5.10 Å². The summed E-state index contributed by atoms with van der Waals surface area (Å²) in [5.41, 5.74) is 6.50. The van der Waals surface area contributed by atoms with E-state index >= 15 is 0 Å². The minimum atomic E-state index is 0.539. The van der Waals surface area contributed by atoms with E-state index in [2.05, 4.69) is 59.2 Å². The quantitative estimate of drug-likeness (QED) is 0.488. The third kappa shape index (κ3) is 5.66. The van der Waals surface area contributed by atoms with Gasteiger partial charge in [0.1, 0.15) is 0 Å². The molecular weight excluding hydrogens is 290 g/mol. The fourth-order valence-electron chi connectivity index (χ4n) is 2.01. The van der Waals surface area contributed by atoms with Crippen LogP contribution in [0.15, 0.2) is 59.7 Å². The molecule has 3 nitrogen and oxygen atoms in total. The topological polar surface area (TPSA) is 36.4 Å². The lowest BCUT2D eigenvalue weighted by molar-refractivity contribution is 0.838. The Morgan fingerprint density at radius 2 is 1.77 bits per heavy atom. The standard InChI is InChI=1S/C18H21N3S/c1-2-15-8-10-17(11-9-15)14-20-21-18(22)19-13-12-16-6-4-3-5-7-16/h3-11,14H,2,12-13H2,1H3,(H2,19,21,22). The first kappa shape index (κ1) is 16.2. The fraction of sp³-hybridized carbons (Fsp3) is 0.222. The van der Waals surface area contributed by atoms with Crippen molar-refractivity contribution >= 4 is 23.5 Å². The summed E-state index contributed by atoms with van der Waals surface area (Å²) in [5, 5.41) is 7.83. The zero-order valence-corrected chi connectivity index (χ0v) is 13.6. The molecule has 0 heterocycles. The number of nitrogens with one attached hydrogen (secondary N) is 2. The molecule has 0 saturated carbocycles. The molecule has 0 unspecified atom stereocenters. The lowest BCUT2D eigenvalue weighted by Crippen LogP contribution is -2.33. The van der Waals surface area contributed by atoms with Crippen LogP contribution in [0.25, 0.3) is 0 Å². The van der Waals surface area contributed by atoms with E-state index in [1.165, 1.54) is 11.1 Å². The molecular formula is C18H21N3S. The maximum atomic E-state index is 5.19. The first-order valence-electron chi connectivity index (χ1n) is 7.47. The third-order valence-electron chi connectivity index (χ3n) is 3.31. The average Bonchev–Trinajstić information content (AvgIpc) is 2.56. The summed E-state index contributed by atoms with van der Waals surface area (Å²) in [6.07, 6.45) is 3.75. The van der Waals surface area contributed by atoms with Gasteiger partial charge in [-0.15, -0.1) is 0 Å². The van der Waals surface area contributed by atoms with E-state index in [0.717, 1.165) is 24.9 Å². The number of hydrazone groups is 1. The molecule has 0 fully saturated rings. The van der Waals surface area contributed by atoms with Gasteiger partial charge in [-0.1, -0.05) is 61.5 Å². The molecule has 2 aromatic carbocycles. The Balaban J connectivity index is 1.69. The van der Waals surface area contributed by atoms with Crippen LogP contribution < -0.4 is 10.7 Å². The van der Waals surface area contributed by atoms with Crippen LogP contribution in [0.2, 0.25) is 0 Å². The van der Waals surface area contributed by atoms with Gasteiger partial charge < -0.3 is 5.32 Å². The van der Waals surface area contributed by atoms with E-state index in [1.54, 1.807) is 6.21 Å². The van der Waals surface area contributed by atoms with Crippen molar-refractivity contribution in [2.45, 2.75) is 19.8 Å². The molecule has 0 radical (unpaired) electrons. The van der Waals surface area contributed by atoms with Gasteiger partial charge in [0.2, 0.25) is 0 Å². The smallest absolute Gasteiger partial charge is 0.186 e. The zero-order valence-electron chi connectivity index (χ0n) is 12.8. The predicted octanol–water partition coefficient (Wildman–Crippen LogP) is 3.29. The number of rotatable bonds is 6. The molecule has 0 saturated heterocycles. The van der Waals surface area contributed by atoms with Crippen LogP contribution in [0.5, 0.6) is 0 Å². The van der Waals surface area contributed by atoms with Gasteiger partial charge in [0.15, 0.2) is 5.11 Å². The summed E-state index contributed by atoms with van der Waals surface area (Å²) in [7, 11) is 0. The Kier molecular flexibility index (Phi) is 6.58. The van der Waals surface area contributed by atoms with Crippen LogP contribution >= 0.6 is 12.2 Å². The lowest BCUT2D eigenvalue weighted by atomic mass is 10.1. The Bertz CT molecular complexity index is 606. The second-order valence-corrected chi connectivity index (χ2v) is 5.36. The average molecular weight is 311 g/mol. The summed E-state index contributed by atoms with van der Waals surface area (Å²) >= 11 is 5.19. The van der Waals surface area contributed by atoms with Crippen molar-refractivity contribution in [3.63, 3.8) is 0 Å². The Hall–Kier alpha value is -2.20. The van der Waals surface area contributed by atoms with Crippen LogP contribution in [0.3, 0.4) is 0 Å². The van der Waals surface area contributed by atoms with Crippen molar-refractivity contribution in [3.05, 3.63) is 71.3 Å². The zero-order chi connectivity index (χ0) is 15.6. The molecule has 0 aliphatic carbocycles. The second-order valence-electron chi connectivity index (χ2n) is 4.96. The van der Waals surface area contributed by atoms with Gasteiger partial charge in [0, 0.05) is 6.54 Å². The molecule has 2 aromatic rings. The minimum absolute atomic E-state index is 0.539. The highest BCUT2D eigenvalue weighted by atomic mass is 32.1. The Morgan fingerprint density at radius 3 is 2.45 bits per heavy atom. The summed E-state index contributed by atoms with van der Waals surface area (Å²) < 4.78 is 0. The van der Waals surface area contributed by atoms with Crippen molar-refractivity contribution in [3.8, 4) is 0 Å². The number of aryl methyl sites for hydroxylation is 1. The van der Waals surface area contributed by atoms with E-state index in [9.17, 15) is 0 Å². The van der Waals surface area contributed by atoms with Crippen LogP contribution in [0, 0.1) is 0 Å². The van der Waals surface area contributed by atoms with Gasteiger partial charge in [-0.25, -0.2) is 0 Å². The number of benzene rings is 2. The highest BCUT2D eigenvalue weighted by Crippen LogP contribution is 2.02. The number of thiocarbonyl (C=S) groups is 1. The Labute approximate surface area is 137 Å². The predicted molar refractivity (Wildman–Crippen MR) is 97.3 cm³/mol. The summed E-state index contributed by atoms with van der Waals surface area (Å²) in [5.74, 6) is 0. The van der Waals surface area contributed by atoms with Gasteiger partial charge >= 0.3 is 0 Å². The third-order valence-corrected chi connectivity index (χ3v) is 3.55. The van der Waals surface area contributed by atoms with Gasteiger partial charge in [-0.3, -0.25) is 5.43 Å². The number of hydrogen-bond donors (Lipinski definition) is 2. The highest BCUT2D eigenvalue weighted by molar-refractivity contribution is 7.80. The first-order valence-corrected chi connectivity index (χ1v) is 7.88. The van der Waals surface area contributed by atoms with Crippen LogP contribution in [-0.2, 0) is 12.8 Å². The normalized spacial score (nSPS) is 10.6. The van der Waals surface area contributed by atoms with Gasteiger partial charge in [0.05, 0.1) is 6.21 Å². The SMILES string of the molecule is CCc1ccc(C=NNC(=S)NCCc2ccccc2)cc1. The first-order chi connectivity index (χ1) is 10.8. The van der Waals surface area contributed by atoms with Crippen LogP contribution in [-0.4, -0.2) is 17.9 Å². The molecule has 2 rings (SSSR count). The monoisotopic (exact) mass is 311 g/mol. The maximum absolute atomic E-state index is 5.19. The maximum Gasteiger partial charge on any atom is 0.186 e. The van der Waals surface area contributed by atoms with Crippen molar-refractivity contribution < 1.29 is 0 Å². The molecule has 0 spiro atoms. The van der Waals surface area contributed by atoms with Crippen LogP contribution in [0.1, 0.15) is 23.6 Å². The molecule has 0 bridgehead atoms. The molecule has 0 atom stereocenters. The van der Waals surface area contributed by atoms with E-state index in [1.807, 2.05) is 18.2 Å². The molecule has 22 heavy (non-hydrogen) atoms. The molecule has 0 amide bonds. The lowest BCUT2D eigenvalue weighted by Gasteiger charge is -2.06. The van der Waals surface area contributed by atoms with E-state index in [0.29, 0.717) is 5.11 Å². The fourth-order valence-corrected chi connectivity index (χ4v) is 2.16. The largest absolute Gasteiger partial charge is 0.361 e. The summed E-state index contributed by atoms with van der Waals surface area (Å²) in [6.45, 7) is 2.93. The summed E-state index contributed by atoms with van der Waals surface area (Å²) in [4.78, 5) is 0. The van der Waals surface area contributed by atoms with Crippen molar-refractivity contribution in [1.82, 2.24) is 10.7 Å².